The van der Waals surface area contributed by atoms with Crippen LogP contribution in [0.4, 0.5) is 19.4 Å². The molecule has 3 fully saturated rings. The third-order valence-corrected chi connectivity index (χ3v) is 8.62. The number of amides is 2. The SMILES string of the molecule is O=C(N[C@H](C(=O)Nc1cc(OC2COC2)c(S(=O)(=O)NCC(F)F)cn1)C(C1CC1)C1CC1)OCc1ccccc1. The van der Waals surface area contributed by atoms with E-state index < -0.39 is 52.0 Å². The number of carbonyl (C=O) groups is 2. The van der Waals surface area contributed by atoms with Crippen molar-refractivity contribution in [3.63, 3.8) is 0 Å². The van der Waals surface area contributed by atoms with Crippen LogP contribution in [0, 0.1) is 17.8 Å². The molecule has 2 saturated carbocycles. The van der Waals surface area contributed by atoms with E-state index >= 15 is 0 Å². The number of pyridine rings is 1. The van der Waals surface area contributed by atoms with Crippen molar-refractivity contribution in [2.75, 3.05) is 25.1 Å². The number of nitrogens with zero attached hydrogens (tertiary/aromatic N) is 1. The lowest BCUT2D eigenvalue weighted by Gasteiger charge is -2.28. The van der Waals surface area contributed by atoms with Gasteiger partial charge in [-0.1, -0.05) is 30.3 Å². The molecule has 0 unspecified atom stereocenters. The van der Waals surface area contributed by atoms with E-state index in [1.54, 1.807) is 0 Å². The first-order valence-electron chi connectivity index (χ1n) is 13.5. The summed E-state index contributed by atoms with van der Waals surface area (Å²) in [5.74, 6) is -0.202. The topological polar surface area (TPSA) is 145 Å². The number of anilines is 1. The van der Waals surface area contributed by atoms with Crippen LogP contribution in [-0.4, -0.2) is 63.7 Å². The van der Waals surface area contributed by atoms with Gasteiger partial charge >= 0.3 is 6.09 Å². The molecule has 11 nitrogen and oxygen atoms in total. The first-order chi connectivity index (χ1) is 19.7. The molecule has 0 radical (unpaired) electrons. The zero-order valence-electron chi connectivity index (χ0n) is 22.1. The van der Waals surface area contributed by atoms with Gasteiger partial charge in [0.2, 0.25) is 15.9 Å². The van der Waals surface area contributed by atoms with Crippen LogP contribution in [0.25, 0.3) is 0 Å². The van der Waals surface area contributed by atoms with Gasteiger partial charge in [-0.05, 0) is 49.0 Å². The maximum atomic E-state index is 13.6. The van der Waals surface area contributed by atoms with Gasteiger partial charge in [-0.3, -0.25) is 4.79 Å². The lowest BCUT2D eigenvalue weighted by Crippen LogP contribution is -2.50. The van der Waals surface area contributed by atoms with E-state index in [1.807, 2.05) is 35.1 Å². The second-order valence-corrected chi connectivity index (χ2v) is 12.2. The number of alkyl carbamates (subject to hydrolysis) is 1. The van der Waals surface area contributed by atoms with Crippen molar-refractivity contribution in [1.29, 1.82) is 0 Å². The summed E-state index contributed by atoms with van der Waals surface area (Å²) in [6.45, 7) is -0.601. The number of hydrogen-bond donors (Lipinski definition) is 3. The quantitative estimate of drug-likeness (QED) is 0.303. The van der Waals surface area contributed by atoms with Crippen LogP contribution in [0.1, 0.15) is 31.2 Å². The number of hydrogen-bond acceptors (Lipinski definition) is 8. The number of aromatic nitrogens is 1. The standard InChI is InChI=1S/C27H32F2N4O7S/c28-22(29)12-31-41(36,37)21-11-30-23(10-20(21)40-19-14-38-15-19)32-26(34)25(24(17-6-7-17)18-8-9-18)33-27(35)39-13-16-4-2-1-3-5-16/h1-5,10-11,17-19,22,24-25,31H,6-9,12-15H2,(H,33,35)(H,30,32,34)/t25-/m0/s1. The first-order valence-corrected chi connectivity index (χ1v) is 15.0. The van der Waals surface area contributed by atoms with Crippen molar-refractivity contribution in [3.05, 3.63) is 48.2 Å². The summed E-state index contributed by atoms with van der Waals surface area (Å²) in [4.78, 5) is 30.0. The van der Waals surface area contributed by atoms with Crippen LogP contribution in [0.5, 0.6) is 5.75 Å². The molecule has 1 saturated heterocycles. The molecule has 1 aliphatic heterocycles. The van der Waals surface area contributed by atoms with E-state index in [1.165, 1.54) is 6.07 Å². The average Bonchev–Trinajstić information content (AvgIpc) is 3.85. The number of benzene rings is 1. The predicted octanol–water partition coefficient (Wildman–Crippen LogP) is 3.07. The highest BCUT2D eigenvalue weighted by atomic mass is 32.2. The molecule has 2 heterocycles. The van der Waals surface area contributed by atoms with Crippen molar-refractivity contribution in [2.45, 2.75) is 55.8 Å². The maximum absolute atomic E-state index is 13.6. The average molecular weight is 595 g/mol. The Kier molecular flexibility index (Phi) is 9.00. The molecule has 2 aromatic rings. The predicted molar refractivity (Wildman–Crippen MR) is 142 cm³/mol. The minimum atomic E-state index is -4.39. The van der Waals surface area contributed by atoms with Gasteiger partial charge in [0.25, 0.3) is 6.43 Å². The zero-order chi connectivity index (χ0) is 29.0. The van der Waals surface area contributed by atoms with E-state index in [2.05, 4.69) is 15.6 Å². The van der Waals surface area contributed by atoms with E-state index in [4.69, 9.17) is 14.2 Å². The van der Waals surface area contributed by atoms with Crippen LogP contribution in [0.15, 0.2) is 47.5 Å². The van der Waals surface area contributed by atoms with E-state index in [0.717, 1.165) is 37.4 Å². The Labute approximate surface area is 236 Å². The van der Waals surface area contributed by atoms with E-state index in [0.29, 0.717) is 11.8 Å². The molecule has 1 aromatic carbocycles. The monoisotopic (exact) mass is 594 g/mol. The molecular formula is C27H32F2N4O7S. The number of halogens is 2. The largest absolute Gasteiger partial charge is 0.484 e. The fourth-order valence-corrected chi connectivity index (χ4v) is 5.89. The molecule has 222 valence electrons. The Morgan fingerprint density at radius 2 is 1.76 bits per heavy atom. The Morgan fingerprint density at radius 3 is 2.34 bits per heavy atom. The highest BCUT2D eigenvalue weighted by Crippen LogP contribution is 2.51. The van der Waals surface area contributed by atoms with Crippen LogP contribution in [-0.2, 0) is 30.9 Å². The molecule has 0 spiro atoms. The Balaban J connectivity index is 1.33. The minimum Gasteiger partial charge on any atom is -0.484 e. The summed E-state index contributed by atoms with van der Waals surface area (Å²) in [6.07, 6.45) is 0.714. The number of rotatable bonds is 14. The van der Waals surface area contributed by atoms with Gasteiger partial charge < -0.3 is 24.8 Å². The molecule has 2 amide bonds. The zero-order valence-corrected chi connectivity index (χ0v) is 22.9. The van der Waals surface area contributed by atoms with Crippen molar-refractivity contribution in [2.24, 2.45) is 17.8 Å². The molecule has 1 aromatic heterocycles. The molecule has 2 aliphatic carbocycles. The van der Waals surface area contributed by atoms with Crippen molar-refractivity contribution in [1.82, 2.24) is 15.0 Å². The van der Waals surface area contributed by atoms with Crippen LogP contribution in [0.2, 0.25) is 0 Å². The summed E-state index contributed by atoms with van der Waals surface area (Å²) in [5.41, 5.74) is 0.802. The summed E-state index contributed by atoms with van der Waals surface area (Å²) >= 11 is 0. The van der Waals surface area contributed by atoms with Gasteiger partial charge in [0, 0.05) is 6.07 Å². The van der Waals surface area contributed by atoms with Crippen molar-refractivity contribution in [3.8, 4) is 5.75 Å². The minimum absolute atomic E-state index is 0.0205. The van der Waals surface area contributed by atoms with Crippen molar-refractivity contribution < 1.29 is 41.0 Å². The van der Waals surface area contributed by atoms with Crippen LogP contribution >= 0.6 is 0 Å². The summed E-state index contributed by atoms with van der Waals surface area (Å²) in [5, 5.41) is 5.43. The van der Waals surface area contributed by atoms with Gasteiger partial charge in [0.15, 0.2) is 0 Å². The van der Waals surface area contributed by atoms with E-state index in [9.17, 15) is 26.8 Å². The van der Waals surface area contributed by atoms with Crippen LogP contribution in [0.3, 0.4) is 0 Å². The van der Waals surface area contributed by atoms with Crippen LogP contribution < -0.4 is 20.1 Å². The molecular weight excluding hydrogens is 562 g/mol. The lowest BCUT2D eigenvalue weighted by molar-refractivity contribution is -0.119. The third kappa shape index (κ3) is 7.89. The molecule has 41 heavy (non-hydrogen) atoms. The highest BCUT2D eigenvalue weighted by Gasteiger charge is 2.48. The number of alkyl halides is 2. The fourth-order valence-electron chi connectivity index (χ4n) is 4.82. The number of carbonyl (C=O) groups excluding carboxylic acids is 2. The van der Waals surface area contributed by atoms with Gasteiger partial charge in [0.1, 0.15) is 35.2 Å². The Hall–Kier alpha value is -3.36. The second kappa shape index (κ2) is 12.7. The normalized spacial score (nSPS) is 18.0. The summed E-state index contributed by atoms with van der Waals surface area (Å²) in [7, 11) is -4.39. The fraction of sp³-hybridized carbons (Fsp3) is 0.519. The highest BCUT2D eigenvalue weighted by molar-refractivity contribution is 7.89. The number of nitrogens with one attached hydrogen (secondary N) is 3. The number of sulfonamides is 1. The lowest BCUT2D eigenvalue weighted by atomic mass is 9.89. The van der Waals surface area contributed by atoms with Gasteiger partial charge in [0.05, 0.1) is 26.0 Å². The van der Waals surface area contributed by atoms with Gasteiger partial charge in [-0.15, -0.1) is 0 Å². The molecule has 3 aliphatic rings. The third-order valence-electron chi connectivity index (χ3n) is 7.19. The van der Waals surface area contributed by atoms with Gasteiger partial charge in [-0.25, -0.2) is 31.7 Å². The molecule has 5 rings (SSSR count). The maximum Gasteiger partial charge on any atom is 0.408 e. The Morgan fingerprint density at radius 1 is 1.07 bits per heavy atom. The first kappa shape index (κ1) is 29.1. The number of ether oxygens (including phenoxy) is 3. The molecule has 1 atom stereocenters. The smallest absolute Gasteiger partial charge is 0.408 e. The van der Waals surface area contributed by atoms with E-state index in [-0.39, 0.29) is 37.3 Å². The van der Waals surface area contributed by atoms with Gasteiger partial charge in [-0.2, -0.15) is 0 Å². The van der Waals surface area contributed by atoms with Crippen molar-refractivity contribution >= 4 is 27.8 Å². The second-order valence-electron chi connectivity index (χ2n) is 10.5. The molecule has 0 bridgehead atoms. The summed E-state index contributed by atoms with van der Waals surface area (Å²) < 4.78 is 68.7. The molecule has 14 heteroatoms. The summed E-state index contributed by atoms with van der Waals surface area (Å²) in [6, 6.07) is 9.48. The molecule has 3 N–H and O–H groups in total. The Bertz CT molecular complexity index is 1320.